The Morgan fingerprint density at radius 1 is 1.00 bits per heavy atom. The van der Waals surface area contributed by atoms with Gasteiger partial charge in [0.15, 0.2) is 5.60 Å². The van der Waals surface area contributed by atoms with Gasteiger partial charge in [0.05, 0.1) is 6.61 Å². The third-order valence-electron chi connectivity index (χ3n) is 7.70. The molecule has 0 spiro atoms. The van der Waals surface area contributed by atoms with E-state index in [0.717, 1.165) is 44.1 Å². The first-order valence-corrected chi connectivity index (χ1v) is 11.9. The molecular weight excluding hydrogens is 443 g/mol. The fourth-order valence-electron chi connectivity index (χ4n) is 5.07. The van der Waals surface area contributed by atoms with Gasteiger partial charge < -0.3 is 15.1 Å². The molecule has 34 heavy (non-hydrogen) atoms. The quantitative estimate of drug-likeness (QED) is 0.580. The lowest BCUT2D eigenvalue weighted by molar-refractivity contribution is -0.258. The van der Waals surface area contributed by atoms with Gasteiger partial charge in [-0.25, -0.2) is 0 Å². The number of hydrogen-bond acceptors (Lipinski definition) is 3. The van der Waals surface area contributed by atoms with Crippen molar-refractivity contribution in [3.8, 4) is 0 Å². The SMILES string of the molecule is C[C@](O)(c1ccc(C(=O)N(CC2CCC(CO)(c3ccccc3)CC2)C2CC2)cc1)C(F)(F)F. The summed E-state index contributed by atoms with van der Waals surface area (Å²) in [5, 5.41) is 20.1. The van der Waals surface area contributed by atoms with Gasteiger partial charge in [0.1, 0.15) is 0 Å². The molecule has 0 aromatic heterocycles. The van der Waals surface area contributed by atoms with Gasteiger partial charge in [-0.05, 0) is 74.6 Å². The summed E-state index contributed by atoms with van der Waals surface area (Å²) in [7, 11) is 0. The zero-order valence-corrected chi connectivity index (χ0v) is 19.4. The summed E-state index contributed by atoms with van der Waals surface area (Å²) in [5.41, 5.74) is -2.01. The molecule has 4 rings (SSSR count). The Morgan fingerprint density at radius 3 is 2.09 bits per heavy atom. The lowest BCUT2D eigenvalue weighted by Gasteiger charge is -2.41. The minimum atomic E-state index is -4.80. The normalized spacial score (nSPS) is 24.9. The van der Waals surface area contributed by atoms with E-state index in [1.165, 1.54) is 24.3 Å². The average molecular weight is 476 g/mol. The van der Waals surface area contributed by atoms with Gasteiger partial charge in [0.2, 0.25) is 0 Å². The zero-order chi connectivity index (χ0) is 24.6. The van der Waals surface area contributed by atoms with Crippen LogP contribution in [0.4, 0.5) is 13.2 Å². The zero-order valence-electron chi connectivity index (χ0n) is 19.4. The number of benzene rings is 2. The summed E-state index contributed by atoms with van der Waals surface area (Å²) in [6.07, 6.45) is 0.577. The maximum absolute atomic E-state index is 13.3. The third kappa shape index (κ3) is 4.86. The summed E-state index contributed by atoms with van der Waals surface area (Å²) in [6, 6.07) is 15.4. The van der Waals surface area contributed by atoms with Crippen LogP contribution in [0.3, 0.4) is 0 Å². The number of halogens is 3. The predicted molar refractivity (Wildman–Crippen MR) is 123 cm³/mol. The molecule has 0 radical (unpaired) electrons. The van der Waals surface area contributed by atoms with E-state index in [0.29, 0.717) is 24.9 Å². The number of aliphatic hydroxyl groups is 2. The standard InChI is InChI=1S/C27H32F3NO3/c1-25(34,27(28,29)30)21-9-7-20(8-10-21)24(33)31(23-11-12-23)17-19-13-15-26(18-32,16-14-19)22-5-3-2-4-6-22/h2-10,19,23,32,34H,11-18H2,1H3/t19?,25-,26?/m0/s1. The number of nitrogens with zero attached hydrogens (tertiary/aromatic N) is 1. The van der Waals surface area contributed by atoms with E-state index in [-0.39, 0.29) is 29.5 Å². The molecule has 2 aromatic rings. The van der Waals surface area contributed by atoms with Crippen LogP contribution in [0.2, 0.25) is 0 Å². The molecule has 2 saturated carbocycles. The Kier molecular flexibility index (Phi) is 6.80. The molecule has 184 valence electrons. The van der Waals surface area contributed by atoms with Gasteiger partial charge in [0.25, 0.3) is 5.91 Å². The van der Waals surface area contributed by atoms with Crippen LogP contribution in [0.15, 0.2) is 54.6 Å². The molecule has 2 aromatic carbocycles. The van der Waals surface area contributed by atoms with Crippen molar-refractivity contribution in [1.82, 2.24) is 4.90 Å². The van der Waals surface area contributed by atoms with Crippen LogP contribution in [-0.4, -0.2) is 46.4 Å². The molecule has 4 nitrogen and oxygen atoms in total. The molecule has 0 heterocycles. The van der Waals surface area contributed by atoms with E-state index in [2.05, 4.69) is 12.1 Å². The van der Waals surface area contributed by atoms with Gasteiger partial charge >= 0.3 is 6.18 Å². The lowest BCUT2D eigenvalue weighted by atomic mass is 9.67. The Morgan fingerprint density at radius 2 is 1.59 bits per heavy atom. The first-order chi connectivity index (χ1) is 16.1. The lowest BCUT2D eigenvalue weighted by Crippen LogP contribution is -2.41. The molecule has 2 aliphatic carbocycles. The highest BCUT2D eigenvalue weighted by molar-refractivity contribution is 5.94. The summed E-state index contributed by atoms with van der Waals surface area (Å²) in [5.74, 6) is 0.140. The van der Waals surface area contributed by atoms with E-state index < -0.39 is 11.8 Å². The topological polar surface area (TPSA) is 60.8 Å². The average Bonchev–Trinajstić information content (AvgIpc) is 3.68. The molecule has 0 aliphatic heterocycles. The largest absolute Gasteiger partial charge is 0.421 e. The third-order valence-corrected chi connectivity index (χ3v) is 7.70. The van der Waals surface area contributed by atoms with Gasteiger partial charge in [-0.2, -0.15) is 13.2 Å². The molecule has 1 atom stereocenters. The van der Waals surface area contributed by atoms with Gasteiger partial charge in [-0.1, -0.05) is 42.5 Å². The second-order valence-electron chi connectivity index (χ2n) is 10.1. The number of hydrogen-bond donors (Lipinski definition) is 2. The van der Waals surface area contributed by atoms with Gasteiger partial charge in [-0.3, -0.25) is 4.79 Å². The second-order valence-corrected chi connectivity index (χ2v) is 10.1. The number of rotatable bonds is 7. The number of amides is 1. The smallest absolute Gasteiger partial charge is 0.395 e. The summed E-state index contributed by atoms with van der Waals surface area (Å²) >= 11 is 0. The minimum absolute atomic E-state index is 0.100. The highest BCUT2D eigenvalue weighted by Gasteiger charge is 2.51. The van der Waals surface area contributed by atoms with Crippen LogP contribution in [0.1, 0.15) is 66.9 Å². The van der Waals surface area contributed by atoms with Crippen LogP contribution >= 0.6 is 0 Å². The van der Waals surface area contributed by atoms with Crippen LogP contribution < -0.4 is 0 Å². The number of carbonyl (C=O) groups excluding carboxylic acids is 1. The Hall–Kier alpha value is -2.38. The first kappa shape index (κ1) is 24.7. The second kappa shape index (κ2) is 9.34. The minimum Gasteiger partial charge on any atom is -0.395 e. The monoisotopic (exact) mass is 475 g/mol. The van der Waals surface area contributed by atoms with Crippen molar-refractivity contribution in [2.24, 2.45) is 5.92 Å². The summed E-state index contributed by atoms with van der Waals surface area (Å²) < 4.78 is 39.4. The molecule has 0 saturated heterocycles. The van der Waals surface area contributed by atoms with Crippen molar-refractivity contribution in [2.45, 2.75) is 68.7 Å². The van der Waals surface area contributed by atoms with E-state index in [9.17, 15) is 28.2 Å². The van der Waals surface area contributed by atoms with E-state index in [1.807, 2.05) is 23.1 Å². The summed E-state index contributed by atoms with van der Waals surface area (Å²) in [6.45, 7) is 1.43. The maximum Gasteiger partial charge on any atom is 0.421 e. The van der Waals surface area contributed by atoms with Gasteiger partial charge in [-0.15, -0.1) is 0 Å². The Balaban J connectivity index is 1.43. The van der Waals surface area contributed by atoms with Gasteiger partial charge in [0, 0.05) is 23.6 Å². The number of alkyl halides is 3. The maximum atomic E-state index is 13.3. The number of aliphatic hydroxyl groups excluding tert-OH is 1. The van der Waals surface area contributed by atoms with Crippen molar-refractivity contribution < 1.29 is 28.2 Å². The Bertz CT molecular complexity index is 976. The predicted octanol–water partition coefficient (Wildman–Crippen LogP) is 5.18. The van der Waals surface area contributed by atoms with Crippen LogP contribution in [0, 0.1) is 5.92 Å². The van der Waals surface area contributed by atoms with Crippen molar-refractivity contribution >= 4 is 5.91 Å². The first-order valence-electron chi connectivity index (χ1n) is 11.9. The molecular formula is C27H32F3NO3. The highest BCUT2D eigenvalue weighted by Crippen LogP contribution is 2.43. The molecule has 2 N–H and O–H groups in total. The van der Waals surface area contributed by atoms with Crippen molar-refractivity contribution in [1.29, 1.82) is 0 Å². The van der Waals surface area contributed by atoms with E-state index in [4.69, 9.17) is 0 Å². The van der Waals surface area contributed by atoms with Crippen LogP contribution in [0.25, 0.3) is 0 Å². The van der Waals surface area contributed by atoms with E-state index >= 15 is 0 Å². The van der Waals surface area contributed by atoms with Crippen molar-refractivity contribution in [3.63, 3.8) is 0 Å². The van der Waals surface area contributed by atoms with Crippen molar-refractivity contribution in [3.05, 3.63) is 71.3 Å². The van der Waals surface area contributed by atoms with E-state index in [1.54, 1.807) is 0 Å². The molecule has 2 fully saturated rings. The highest BCUT2D eigenvalue weighted by atomic mass is 19.4. The summed E-state index contributed by atoms with van der Waals surface area (Å²) in [4.78, 5) is 15.1. The Labute approximate surface area is 198 Å². The molecule has 0 unspecified atom stereocenters. The molecule has 7 heteroatoms. The van der Waals surface area contributed by atoms with Crippen LogP contribution in [0.5, 0.6) is 0 Å². The molecule has 2 aliphatic rings. The molecule has 0 bridgehead atoms. The fraction of sp³-hybridized carbons (Fsp3) is 0.519. The molecule has 1 amide bonds. The number of carbonyl (C=O) groups is 1. The van der Waals surface area contributed by atoms with Crippen molar-refractivity contribution in [2.75, 3.05) is 13.2 Å². The van der Waals surface area contributed by atoms with Crippen LogP contribution in [-0.2, 0) is 11.0 Å². The fourth-order valence-corrected chi connectivity index (χ4v) is 5.07.